The van der Waals surface area contributed by atoms with Gasteiger partial charge in [-0.2, -0.15) is 0 Å². The van der Waals surface area contributed by atoms with E-state index < -0.39 is 5.41 Å². The Hall–Kier alpha value is -5.19. The molecular formula is C42H35NO2S. The van der Waals surface area contributed by atoms with Gasteiger partial charge in [-0.1, -0.05) is 105 Å². The fourth-order valence-electron chi connectivity index (χ4n) is 6.39. The van der Waals surface area contributed by atoms with Crippen molar-refractivity contribution in [1.29, 1.82) is 0 Å². The Morgan fingerprint density at radius 3 is 2.13 bits per heavy atom. The summed E-state index contributed by atoms with van der Waals surface area (Å²) in [5, 5.41) is 3.24. The molecule has 0 amide bonds. The fourth-order valence-corrected chi connectivity index (χ4v) is 7.36. The van der Waals surface area contributed by atoms with Crippen LogP contribution in [0.25, 0.3) is 16.5 Å². The molecule has 2 heterocycles. The molecule has 0 aliphatic heterocycles. The van der Waals surface area contributed by atoms with Gasteiger partial charge in [-0.25, -0.2) is 4.98 Å². The molecule has 7 rings (SSSR count). The fraction of sp³-hybridized carbons (Fsp3) is 0.119. The number of pyridine rings is 1. The molecule has 46 heavy (non-hydrogen) atoms. The maximum Gasteiger partial charge on any atom is 0.130 e. The third-order valence-corrected chi connectivity index (χ3v) is 9.89. The molecule has 2 aromatic heterocycles. The summed E-state index contributed by atoms with van der Waals surface area (Å²) in [5.41, 5.74) is 8.27. The summed E-state index contributed by atoms with van der Waals surface area (Å²) in [7, 11) is 0. The highest BCUT2D eigenvalue weighted by Crippen LogP contribution is 2.43. The summed E-state index contributed by atoms with van der Waals surface area (Å²) in [6, 6.07) is 41.7. The van der Waals surface area contributed by atoms with Crippen molar-refractivity contribution < 1.29 is 9.47 Å². The van der Waals surface area contributed by atoms with Crippen molar-refractivity contribution in [2.45, 2.75) is 24.9 Å². The predicted octanol–water partition coefficient (Wildman–Crippen LogP) is 10.5. The van der Waals surface area contributed by atoms with Crippen LogP contribution in [0, 0.1) is 0 Å². The lowest BCUT2D eigenvalue weighted by Gasteiger charge is -2.31. The minimum atomic E-state index is -0.523. The van der Waals surface area contributed by atoms with E-state index in [1.54, 1.807) is 11.3 Å². The quantitative estimate of drug-likeness (QED) is 0.143. The van der Waals surface area contributed by atoms with E-state index in [-0.39, 0.29) is 0 Å². The van der Waals surface area contributed by atoms with Gasteiger partial charge in [0.25, 0.3) is 0 Å². The first-order valence-corrected chi connectivity index (χ1v) is 16.4. The van der Waals surface area contributed by atoms with Gasteiger partial charge in [0, 0.05) is 16.2 Å². The molecular weight excluding hydrogens is 583 g/mol. The van der Waals surface area contributed by atoms with Crippen molar-refractivity contribution in [2.75, 3.05) is 6.61 Å². The second kappa shape index (κ2) is 12.7. The first kappa shape index (κ1) is 29.5. The normalized spacial score (nSPS) is 15.5. The average Bonchev–Trinajstić information content (AvgIpc) is 3.65. The van der Waals surface area contributed by atoms with Gasteiger partial charge in [0.1, 0.15) is 24.7 Å². The van der Waals surface area contributed by atoms with Crippen LogP contribution in [0.15, 0.2) is 158 Å². The van der Waals surface area contributed by atoms with E-state index in [4.69, 9.17) is 14.5 Å². The van der Waals surface area contributed by atoms with Crippen molar-refractivity contribution in [1.82, 2.24) is 4.98 Å². The van der Waals surface area contributed by atoms with Crippen LogP contribution in [0.2, 0.25) is 0 Å². The molecule has 6 aromatic rings. The number of para-hydroxylation sites is 1. The van der Waals surface area contributed by atoms with Gasteiger partial charge in [-0.15, -0.1) is 17.9 Å². The Morgan fingerprint density at radius 1 is 0.761 bits per heavy atom. The SMILES string of the molecule is C=CC(c1ccc(OCC2=CC(C)c3ccccc3C2=C)cc1)(c1ccc(OCc2ccc3ccccc3n2)cc1)c1cccs1. The zero-order valence-corrected chi connectivity index (χ0v) is 26.7. The molecule has 2 unspecified atom stereocenters. The Labute approximate surface area is 274 Å². The Bertz CT molecular complexity index is 2040. The van der Waals surface area contributed by atoms with Crippen LogP contribution in [-0.2, 0) is 12.0 Å². The van der Waals surface area contributed by atoms with Crippen LogP contribution < -0.4 is 9.47 Å². The monoisotopic (exact) mass is 617 g/mol. The van der Waals surface area contributed by atoms with E-state index in [2.05, 4.69) is 116 Å². The van der Waals surface area contributed by atoms with Crippen LogP contribution in [0.4, 0.5) is 0 Å². The van der Waals surface area contributed by atoms with Crippen LogP contribution >= 0.6 is 11.3 Å². The van der Waals surface area contributed by atoms with Gasteiger partial charge >= 0.3 is 0 Å². The molecule has 0 fully saturated rings. The number of hydrogen-bond acceptors (Lipinski definition) is 4. The maximum atomic E-state index is 6.31. The van der Waals surface area contributed by atoms with Crippen molar-refractivity contribution in [3.05, 3.63) is 190 Å². The number of allylic oxidation sites excluding steroid dienone is 2. The summed E-state index contributed by atoms with van der Waals surface area (Å²) in [6.07, 6.45) is 4.31. The molecule has 226 valence electrons. The molecule has 1 aliphatic rings. The summed E-state index contributed by atoms with van der Waals surface area (Å²) in [5.74, 6) is 1.94. The zero-order chi connectivity index (χ0) is 31.5. The summed E-state index contributed by atoms with van der Waals surface area (Å²) >= 11 is 1.73. The second-order valence-electron chi connectivity index (χ2n) is 11.7. The third-order valence-electron chi connectivity index (χ3n) is 8.89. The first-order valence-electron chi connectivity index (χ1n) is 15.5. The molecule has 4 aromatic carbocycles. The summed E-state index contributed by atoms with van der Waals surface area (Å²) in [6.45, 7) is 11.8. The van der Waals surface area contributed by atoms with Crippen LogP contribution in [0.1, 0.15) is 45.7 Å². The standard InChI is InChI=1S/C42H35NO2S/c1-4-42(41-14-9-25-46-41,34-18-23-37(24-19-34)45-28-35-20-15-31-10-5-8-13-40(31)43-35)33-16-21-36(22-17-33)44-27-32-26-29(2)38-11-6-7-12-39(38)30(32)3/h4-26,29H,1,3,27-28H2,2H3. The lowest BCUT2D eigenvalue weighted by atomic mass is 9.73. The third kappa shape index (κ3) is 5.57. The molecule has 0 N–H and O–H groups in total. The highest BCUT2D eigenvalue weighted by molar-refractivity contribution is 7.10. The molecule has 4 heteroatoms. The lowest BCUT2D eigenvalue weighted by molar-refractivity contribution is 0.301. The van der Waals surface area contributed by atoms with Crippen molar-refractivity contribution >= 4 is 27.8 Å². The first-order chi connectivity index (χ1) is 22.5. The van der Waals surface area contributed by atoms with Crippen LogP contribution in [0.5, 0.6) is 11.5 Å². The highest BCUT2D eigenvalue weighted by Gasteiger charge is 2.34. The molecule has 2 atom stereocenters. The maximum absolute atomic E-state index is 6.31. The zero-order valence-electron chi connectivity index (χ0n) is 25.9. The van der Waals surface area contributed by atoms with Crippen molar-refractivity contribution in [3.8, 4) is 11.5 Å². The Balaban J connectivity index is 1.09. The van der Waals surface area contributed by atoms with Crippen molar-refractivity contribution in [2.24, 2.45) is 0 Å². The van der Waals surface area contributed by atoms with Crippen LogP contribution in [0.3, 0.4) is 0 Å². The number of aromatic nitrogens is 1. The van der Waals surface area contributed by atoms with Gasteiger partial charge < -0.3 is 9.47 Å². The number of benzene rings is 4. The molecule has 0 spiro atoms. The topological polar surface area (TPSA) is 31.4 Å². The van der Waals surface area contributed by atoms with E-state index in [0.717, 1.165) is 50.4 Å². The smallest absolute Gasteiger partial charge is 0.130 e. The van der Waals surface area contributed by atoms with Gasteiger partial charge in [0.2, 0.25) is 0 Å². The van der Waals surface area contributed by atoms with E-state index in [0.29, 0.717) is 19.1 Å². The minimum Gasteiger partial charge on any atom is -0.489 e. The van der Waals surface area contributed by atoms with Gasteiger partial charge in [-0.3, -0.25) is 0 Å². The molecule has 0 saturated carbocycles. The summed E-state index contributed by atoms with van der Waals surface area (Å²) < 4.78 is 12.5. The Morgan fingerprint density at radius 2 is 1.43 bits per heavy atom. The van der Waals surface area contributed by atoms with Gasteiger partial charge in [0.05, 0.1) is 16.6 Å². The van der Waals surface area contributed by atoms with Gasteiger partial charge in [-0.05, 0) is 81.2 Å². The van der Waals surface area contributed by atoms with E-state index >= 15 is 0 Å². The molecule has 0 radical (unpaired) electrons. The number of thiophene rings is 1. The van der Waals surface area contributed by atoms with E-state index in [1.165, 1.54) is 16.0 Å². The van der Waals surface area contributed by atoms with Crippen molar-refractivity contribution in [3.63, 3.8) is 0 Å². The molecule has 3 nitrogen and oxygen atoms in total. The molecule has 0 saturated heterocycles. The Kier molecular flexibility index (Phi) is 8.13. The van der Waals surface area contributed by atoms with E-state index in [9.17, 15) is 0 Å². The number of fused-ring (bicyclic) bond motifs is 2. The van der Waals surface area contributed by atoms with Gasteiger partial charge in [0.15, 0.2) is 0 Å². The lowest BCUT2D eigenvalue weighted by Crippen LogP contribution is -2.25. The largest absolute Gasteiger partial charge is 0.489 e. The number of hydrogen-bond donors (Lipinski definition) is 0. The highest BCUT2D eigenvalue weighted by atomic mass is 32.1. The predicted molar refractivity (Wildman–Crippen MR) is 191 cm³/mol. The second-order valence-corrected chi connectivity index (χ2v) is 12.6. The summed E-state index contributed by atoms with van der Waals surface area (Å²) in [4.78, 5) is 5.94. The van der Waals surface area contributed by atoms with Crippen LogP contribution in [-0.4, -0.2) is 11.6 Å². The molecule has 1 aliphatic carbocycles. The number of nitrogens with zero attached hydrogens (tertiary/aromatic N) is 1. The number of rotatable bonds is 10. The van der Waals surface area contributed by atoms with E-state index in [1.807, 2.05) is 42.5 Å². The number of ether oxygens (including phenoxy) is 2. The molecule has 0 bridgehead atoms. The average molecular weight is 618 g/mol. The minimum absolute atomic E-state index is 0.328.